The molecule has 1 N–H and O–H groups in total. The molecule has 1 atom stereocenters. The lowest BCUT2D eigenvalue weighted by Gasteiger charge is -2.26. The van der Waals surface area contributed by atoms with Crippen LogP contribution in [0.4, 0.5) is 18.9 Å². The monoisotopic (exact) mass is 350 g/mol. The van der Waals surface area contributed by atoms with Crippen LogP contribution in [-0.4, -0.2) is 30.6 Å². The van der Waals surface area contributed by atoms with Crippen molar-refractivity contribution in [3.05, 3.63) is 28.2 Å². The Morgan fingerprint density at radius 3 is 2.60 bits per heavy atom. The standard InChI is InChI=1S/C14H18BrF3N2/c1-9(20(2)11-4-5-11)8-19-13-7-10(15)3-6-12(13)14(16,17)18/h3,6-7,9,11,19H,4-5,8H2,1-2H3. The molecule has 2 rings (SSSR count). The van der Waals surface area contributed by atoms with Gasteiger partial charge >= 0.3 is 6.18 Å². The maximum atomic E-state index is 12.9. The zero-order valence-electron chi connectivity index (χ0n) is 11.5. The van der Waals surface area contributed by atoms with Crippen LogP contribution in [-0.2, 0) is 6.18 Å². The average Bonchev–Trinajstić information content (AvgIpc) is 3.17. The first-order chi connectivity index (χ1) is 9.29. The Morgan fingerprint density at radius 2 is 2.05 bits per heavy atom. The second kappa shape index (κ2) is 5.93. The second-order valence-electron chi connectivity index (χ2n) is 5.31. The summed E-state index contributed by atoms with van der Waals surface area (Å²) in [4.78, 5) is 2.22. The highest BCUT2D eigenvalue weighted by Crippen LogP contribution is 2.36. The summed E-state index contributed by atoms with van der Waals surface area (Å²) < 4.78 is 39.4. The van der Waals surface area contributed by atoms with E-state index in [2.05, 4.69) is 26.1 Å². The van der Waals surface area contributed by atoms with Crippen molar-refractivity contribution < 1.29 is 13.2 Å². The lowest BCUT2D eigenvalue weighted by atomic mass is 10.1. The van der Waals surface area contributed by atoms with Crippen LogP contribution in [0.5, 0.6) is 0 Å². The zero-order valence-corrected chi connectivity index (χ0v) is 13.1. The van der Waals surface area contributed by atoms with E-state index in [1.165, 1.54) is 25.0 Å². The van der Waals surface area contributed by atoms with Gasteiger partial charge in [0, 0.05) is 28.8 Å². The fourth-order valence-electron chi connectivity index (χ4n) is 2.15. The molecule has 1 aliphatic carbocycles. The van der Waals surface area contributed by atoms with Gasteiger partial charge in [0.2, 0.25) is 0 Å². The van der Waals surface area contributed by atoms with Gasteiger partial charge in [-0.3, -0.25) is 4.90 Å². The van der Waals surface area contributed by atoms with Gasteiger partial charge < -0.3 is 5.32 Å². The molecule has 2 nitrogen and oxygen atoms in total. The number of benzene rings is 1. The van der Waals surface area contributed by atoms with Crippen molar-refractivity contribution in [1.29, 1.82) is 0 Å². The summed E-state index contributed by atoms with van der Waals surface area (Å²) in [6.07, 6.45) is -1.97. The van der Waals surface area contributed by atoms with E-state index in [-0.39, 0.29) is 11.7 Å². The van der Waals surface area contributed by atoms with Gasteiger partial charge in [-0.15, -0.1) is 0 Å². The van der Waals surface area contributed by atoms with Crippen molar-refractivity contribution >= 4 is 21.6 Å². The van der Waals surface area contributed by atoms with E-state index in [0.717, 1.165) is 6.07 Å². The predicted octanol–water partition coefficient (Wildman–Crippen LogP) is 4.36. The molecule has 0 saturated heterocycles. The molecule has 1 aromatic carbocycles. The Bertz CT molecular complexity index is 472. The SMILES string of the molecule is CC(CNc1cc(Br)ccc1C(F)(F)F)N(C)C1CC1. The minimum Gasteiger partial charge on any atom is -0.383 e. The number of nitrogens with one attached hydrogen (secondary N) is 1. The van der Waals surface area contributed by atoms with Gasteiger partial charge in [-0.1, -0.05) is 15.9 Å². The van der Waals surface area contributed by atoms with Gasteiger partial charge in [-0.25, -0.2) is 0 Å². The molecule has 0 aliphatic heterocycles. The molecule has 1 saturated carbocycles. The van der Waals surface area contributed by atoms with E-state index >= 15 is 0 Å². The minimum absolute atomic E-state index is 0.128. The highest BCUT2D eigenvalue weighted by Gasteiger charge is 2.34. The summed E-state index contributed by atoms with van der Waals surface area (Å²) in [5.74, 6) is 0. The van der Waals surface area contributed by atoms with Crippen molar-refractivity contribution in [2.45, 2.75) is 38.0 Å². The molecule has 1 unspecified atom stereocenters. The highest BCUT2D eigenvalue weighted by atomic mass is 79.9. The molecule has 20 heavy (non-hydrogen) atoms. The molecule has 0 amide bonds. The van der Waals surface area contributed by atoms with E-state index in [4.69, 9.17) is 0 Å². The molecule has 0 aromatic heterocycles. The number of rotatable bonds is 5. The number of anilines is 1. The van der Waals surface area contributed by atoms with E-state index in [1.807, 2.05) is 14.0 Å². The van der Waals surface area contributed by atoms with Crippen LogP contribution in [0.15, 0.2) is 22.7 Å². The third-order valence-corrected chi connectivity index (χ3v) is 4.19. The van der Waals surface area contributed by atoms with Gasteiger partial charge in [-0.2, -0.15) is 13.2 Å². The third kappa shape index (κ3) is 3.88. The van der Waals surface area contributed by atoms with Gasteiger partial charge in [0.15, 0.2) is 0 Å². The quantitative estimate of drug-likeness (QED) is 0.848. The lowest BCUT2D eigenvalue weighted by molar-refractivity contribution is -0.137. The third-order valence-electron chi connectivity index (χ3n) is 3.69. The fourth-order valence-corrected chi connectivity index (χ4v) is 2.51. The Balaban J connectivity index is 2.06. The van der Waals surface area contributed by atoms with Gasteiger partial charge in [0.25, 0.3) is 0 Å². The molecule has 1 aromatic rings. The molecular formula is C14H18BrF3N2. The smallest absolute Gasteiger partial charge is 0.383 e. The van der Waals surface area contributed by atoms with Gasteiger partial charge in [0.05, 0.1) is 5.56 Å². The average molecular weight is 351 g/mol. The predicted molar refractivity (Wildman–Crippen MR) is 77.9 cm³/mol. The maximum absolute atomic E-state index is 12.9. The van der Waals surface area contributed by atoms with Crippen LogP contribution in [0.1, 0.15) is 25.3 Å². The summed E-state index contributed by atoms with van der Waals surface area (Å²) in [7, 11) is 2.02. The minimum atomic E-state index is -4.34. The van der Waals surface area contributed by atoms with Crippen LogP contribution in [0.2, 0.25) is 0 Å². The summed E-state index contributed by atoms with van der Waals surface area (Å²) in [5, 5.41) is 2.93. The molecule has 0 spiro atoms. The molecule has 0 bridgehead atoms. The van der Waals surface area contributed by atoms with Crippen LogP contribution in [0, 0.1) is 0 Å². The lowest BCUT2D eigenvalue weighted by Crippen LogP contribution is -2.36. The Kier molecular flexibility index (Phi) is 4.64. The number of hydrogen-bond donors (Lipinski definition) is 1. The van der Waals surface area contributed by atoms with Crippen molar-refractivity contribution in [2.75, 3.05) is 18.9 Å². The fraction of sp³-hybridized carbons (Fsp3) is 0.571. The molecule has 0 radical (unpaired) electrons. The topological polar surface area (TPSA) is 15.3 Å². The largest absolute Gasteiger partial charge is 0.418 e. The summed E-state index contributed by atoms with van der Waals surface area (Å²) in [6, 6.07) is 4.78. The highest BCUT2D eigenvalue weighted by molar-refractivity contribution is 9.10. The maximum Gasteiger partial charge on any atom is 0.418 e. The first-order valence-corrected chi connectivity index (χ1v) is 7.41. The number of nitrogens with zero attached hydrogens (tertiary/aromatic N) is 1. The Hall–Kier alpha value is -0.750. The molecule has 6 heteroatoms. The van der Waals surface area contributed by atoms with Crippen LogP contribution >= 0.6 is 15.9 Å². The van der Waals surface area contributed by atoms with Crippen molar-refractivity contribution in [3.8, 4) is 0 Å². The van der Waals surface area contributed by atoms with Gasteiger partial charge in [0.1, 0.15) is 0 Å². The second-order valence-corrected chi connectivity index (χ2v) is 6.23. The first-order valence-electron chi connectivity index (χ1n) is 6.61. The number of halogens is 4. The normalized spacial score (nSPS) is 17.4. The number of alkyl halides is 3. The van der Waals surface area contributed by atoms with E-state index in [1.54, 1.807) is 0 Å². The molecule has 1 fully saturated rings. The summed E-state index contributed by atoms with van der Waals surface area (Å²) in [6.45, 7) is 2.52. The first kappa shape index (κ1) is 15.6. The Labute approximate surface area is 125 Å². The molecule has 112 valence electrons. The number of likely N-dealkylation sites (N-methyl/N-ethyl adjacent to an activating group) is 1. The van der Waals surface area contributed by atoms with E-state index in [9.17, 15) is 13.2 Å². The van der Waals surface area contributed by atoms with Crippen LogP contribution < -0.4 is 5.32 Å². The molecule has 1 aliphatic rings. The number of hydrogen-bond acceptors (Lipinski definition) is 2. The molecule has 0 heterocycles. The Morgan fingerprint density at radius 1 is 1.40 bits per heavy atom. The van der Waals surface area contributed by atoms with Crippen molar-refractivity contribution in [2.24, 2.45) is 0 Å². The van der Waals surface area contributed by atoms with Gasteiger partial charge in [-0.05, 0) is 45.0 Å². The molecular weight excluding hydrogens is 333 g/mol. The summed E-state index contributed by atoms with van der Waals surface area (Å²) >= 11 is 3.21. The zero-order chi connectivity index (χ0) is 14.9. The van der Waals surface area contributed by atoms with E-state index < -0.39 is 11.7 Å². The van der Waals surface area contributed by atoms with Crippen LogP contribution in [0.3, 0.4) is 0 Å². The van der Waals surface area contributed by atoms with Crippen molar-refractivity contribution in [3.63, 3.8) is 0 Å². The van der Waals surface area contributed by atoms with E-state index in [0.29, 0.717) is 17.1 Å². The van der Waals surface area contributed by atoms with Crippen molar-refractivity contribution in [1.82, 2.24) is 4.90 Å². The van der Waals surface area contributed by atoms with Crippen LogP contribution in [0.25, 0.3) is 0 Å². The summed E-state index contributed by atoms with van der Waals surface area (Å²) in [5.41, 5.74) is -0.495.